The fourth-order valence-electron chi connectivity index (χ4n) is 7.23. The maximum absolute atomic E-state index is 4.94. The summed E-state index contributed by atoms with van der Waals surface area (Å²) >= 11 is 0. The minimum atomic E-state index is -0.0489. The number of benzene rings is 6. The molecule has 4 heteroatoms. The topological polar surface area (TPSA) is 43.6 Å². The summed E-state index contributed by atoms with van der Waals surface area (Å²) in [5.74, 6) is 1.97. The molecule has 9 rings (SSSR count). The molecule has 4 nitrogen and oxygen atoms in total. The fraction of sp³-hybridized carbons (Fsp3) is 0.0714. The normalized spacial score (nSPS) is 13.2. The van der Waals surface area contributed by atoms with Gasteiger partial charge in [0, 0.05) is 38.6 Å². The minimum absolute atomic E-state index is 0.0489. The van der Waals surface area contributed by atoms with Crippen LogP contribution in [0, 0.1) is 0 Å². The van der Waals surface area contributed by atoms with Crippen LogP contribution in [0.3, 0.4) is 0 Å². The highest BCUT2D eigenvalue weighted by Crippen LogP contribution is 2.53. The molecule has 218 valence electrons. The van der Waals surface area contributed by atoms with Gasteiger partial charge in [-0.25, -0.2) is 15.0 Å². The van der Waals surface area contributed by atoms with Crippen LogP contribution >= 0.6 is 0 Å². The average Bonchev–Trinajstić information content (AvgIpc) is 3.58. The van der Waals surface area contributed by atoms with E-state index in [0.29, 0.717) is 17.5 Å². The van der Waals surface area contributed by atoms with E-state index in [0.717, 1.165) is 22.4 Å². The van der Waals surface area contributed by atoms with Gasteiger partial charge in [-0.15, -0.1) is 0 Å². The van der Waals surface area contributed by atoms with E-state index in [9.17, 15) is 0 Å². The van der Waals surface area contributed by atoms with Gasteiger partial charge in [0.05, 0.1) is 11.0 Å². The monoisotopic (exact) mass is 590 g/mol. The first-order chi connectivity index (χ1) is 22.6. The predicted molar refractivity (Wildman–Crippen MR) is 188 cm³/mol. The van der Waals surface area contributed by atoms with Gasteiger partial charge >= 0.3 is 0 Å². The molecular weight excluding hydrogens is 560 g/mol. The average molecular weight is 591 g/mol. The third kappa shape index (κ3) is 3.97. The maximum Gasteiger partial charge on any atom is 0.164 e. The van der Waals surface area contributed by atoms with E-state index in [1.54, 1.807) is 0 Å². The molecule has 0 atom stereocenters. The molecule has 2 aromatic heterocycles. The lowest BCUT2D eigenvalue weighted by Crippen LogP contribution is -2.14. The number of nitrogens with zero attached hydrogens (tertiary/aromatic N) is 4. The molecule has 0 fully saturated rings. The molecule has 0 saturated carbocycles. The van der Waals surface area contributed by atoms with Crippen LogP contribution in [-0.4, -0.2) is 19.5 Å². The molecule has 0 N–H and O–H groups in total. The minimum Gasteiger partial charge on any atom is -0.309 e. The van der Waals surface area contributed by atoms with Crippen molar-refractivity contribution in [2.24, 2.45) is 0 Å². The molecule has 0 radical (unpaired) electrons. The van der Waals surface area contributed by atoms with Gasteiger partial charge in [-0.05, 0) is 58.7 Å². The fourth-order valence-corrected chi connectivity index (χ4v) is 7.23. The molecule has 1 aliphatic rings. The van der Waals surface area contributed by atoms with E-state index in [2.05, 4.69) is 103 Å². The van der Waals surface area contributed by atoms with Crippen molar-refractivity contribution in [3.63, 3.8) is 0 Å². The Balaban J connectivity index is 1.21. The maximum atomic E-state index is 4.94. The standard InChI is InChI=1S/C42H30N4/c1-42(2)33-19-11-9-17-31(33)37-34(42)25-26-36-38(37)32-18-10-12-20-35(32)46(36)30-23-21-29(22-24-30)41-44-39(27-13-5-3-6-14-27)43-40(45-41)28-15-7-4-8-16-28/h3-26H,1-2H3. The summed E-state index contributed by atoms with van der Waals surface area (Å²) in [5.41, 5.74) is 11.8. The summed E-state index contributed by atoms with van der Waals surface area (Å²) in [4.78, 5) is 14.7. The molecule has 0 spiro atoms. The van der Waals surface area contributed by atoms with Gasteiger partial charge in [0.15, 0.2) is 17.5 Å². The highest BCUT2D eigenvalue weighted by atomic mass is 15.0. The number of hydrogen-bond donors (Lipinski definition) is 0. The lowest BCUT2D eigenvalue weighted by atomic mass is 9.82. The molecule has 0 bridgehead atoms. The Morgan fingerprint density at radius 3 is 1.65 bits per heavy atom. The second-order valence-electron chi connectivity index (χ2n) is 12.5. The van der Waals surface area contributed by atoms with Crippen molar-refractivity contribution < 1.29 is 0 Å². The van der Waals surface area contributed by atoms with Crippen LogP contribution in [0.25, 0.3) is 72.8 Å². The van der Waals surface area contributed by atoms with E-state index < -0.39 is 0 Å². The summed E-state index contributed by atoms with van der Waals surface area (Å²) in [6.07, 6.45) is 0. The Labute approximate surface area is 267 Å². The van der Waals surface area contributed by atoms with Crippen molar-refractivity contribution in [3.8, 4) is 51.0 Å². The van der Waals surface area contributed by atoms with Gasteiger partial charge in [-0.2, -0.15) is 0 Å². The third-order valence-corrected chi connectivity index (χ3v) is 9.46. The zero-order valence-corrected chi connectivity index (χ0v) is 25.6. The Morgan fingerprint density at radius 1 is 0.457 bits per heavy atom. The summed E-state index contributed by atoms with van der Waals surface area (Å²) in [5, 5.41) is 2.58. The smallest absolute Gasteiger partial charge is 0.164 e. The van der Waals surface area contributed by atoms with E-state index >= 15 is 0 Å². The molecule has 6 aromatic carbocycles. The molecule has 0 unspecified atom stereocenters. The van der Waals surface area contributed by atoms with Gasteiger partial charge in [-0.3, -0.25) is 0 Å². The molecular formula is C42H30N4. The van der Waals surface area contributed by atoms with Crippen molar-refractivity contribution in [2.75, 3.05) is 0 Å². The van der Waals surface area contributed by atoms with Crippen LogP contribution in [-0.2, 0) is 5.41 Å². The molecule has 1 aliphatic carbocycles. The largest absolute Gasteiger partial charge is 0.309 e. The van der Waals surface area contributed by atoms with Gasteiger partial charge in [0.2, 0.25) is 0 Å². The van der Waals surface area contributed by atoms with Crippen molar-refractivity contribution in [1.29, 1.82) is 0 Å². The molecule has 46 heavy (non-hydrogen) atoms. The van der Waals surface area contributed by atoms with Gasteiger partial charge in [0.25, 0.3) is 0 Å². The van der Waals surface area contributed by atoms with Crippen molar-refractivity contribution in [3.05, 3.63) is 157 Å². The van der Waals surface area contributed by atoms with Crippen LogP contribution in [0.15, 0.2) is 146 Å². The van der Waals surface area contributed by atoms with Crippen LogP contribution in [0.2, 0.25) is 0 Å². The first-order valence-electron chi connectivity index (χ1n) is 15.7. The first kappa shape index (κ1) is 26.5. The van der Waals surface area contributed by atoms with Gasteiger partial charge in [0.1, 0.15) is 0 Å². The summed E-state index contributed by atoms with van der Waals surface area (Å²) in [6.45, 7) is 4.68. The molecule has 0 aliphatic heterocycles. The van der Waals surface area contributed by atoms with Crippen LogP contribution < -0.4 is 0 Å². The Hall–Kier alpha value is -5.87. The second kappa shape index (κ2) is 10.1. The Kier molecular flexibility index (Phi) is 5.81. The van der Waals surface area contributed by atoms with E-state index in [-0.39, 0.29) is 5.41 Å². The summed E-state index contributed by atoms with van der Waals surface area (Å²) in [6, 6.07) is 51.1. The number of fused-ring (bicyclic) bond motifs is 7. The molecule has 0 amide bonds. The van der Waals surface area contributed by atoms with Crippen molar-refractivity contribution in [2.45, 2.75) is 19.3 Å². The first-order valence-corrected chi connectivity index (χ1v) is 15.7. The molecule has 2 heterocycles. The lowest BCUT2D eigenvalue weighted by molar-refractivity contribution is 0.661. The predicted octanol–water partition coefficient (Wildman–Crippen LogP) is 10.3. The van der Waals surface area contributed by atoms with E-state index in [4.69, 9.17) is 15.0 Å². The quantitative estimate of drug-likeness (QED) is 0.205. The lowest BCUT2D eigenvalue weighted by Gasteiger charge is -2.21. The Morgan fingerprint density at radius 2 is 1.00 bits per heavy atom. The number of rotatable bonds is 4. The zero-order valence-electron chi connectivity index (χ0n) is 25.6. The summed E-state index contributed by atoms with van der Waals surface area (Å²) < 4.78 is 2.39. The van der Waals surface area contributed by atoms with Crippen LogP contribution in [0.4, 0.5) is 0 Å². The van der Waals surface area contributed by atoms with E-state index in [1.165, 1.54) is 44.1 Å². The Bertz CT molecular complexity index is 2360. The number of para-hydroxylation sites is 1. The zero-order chi connectivity index (χ0) is 30.8. The second-order valence-corrected chi connectivity index (χ2v) is 12.5. The number of hydrogen-bond acceptors (Lipinski definition) is 3. The van der Waals surface area contributed by atoms with Crippen molar-refractivity contribution in [1.82, 2.24) is 19.5 Å². The van der Waals surface area contributed by atoms with Crippen molar-refractivity contribution >= 4 is 21.8 Å². The molecule has 0 saturated heterocycles. The van der Waals surface area contributed by atoms with Gasteiger partial charge in [-0.1, -0.05) is 123 Å². The summed E-state index contributed by atoms with van der Waals surface area (Å²) in [7, 11) is 0. The SMILES string of the molecule is CC1(C)c2ccccc2-c2c1ccc1c2c2ccccc2n1-c1ccc(-c2nc(-c3ccccc3)nc(-c3ccccc3)n2)cc1. The third-order valence-electron chi connectivity index (χ3n) is 9.46. The molecule has 8 aromatic rings. The van der Waals surface area contributed by atoms with Crippen LogP contribution in [0.1, 0.15) is 25.0 Å². The highest BCUT2D eigenvalue weighted by Gasteiger charge is 2.37. The number of aromatic nitrogens is 4. The van der Waals surface area contributed by atoms with Crippen LogP contribution in [0.5, 0.6) is 0 Å². The van der Waals surface area contributed by atoms with Gasteiger partial charge < -0.3 is 4.57 Å². The van der Waals surface area contributed by atoms with E-state index in [1.807, 2.05) is 60.7 Å². The highest BCUT2D eigenvalue weighted by molar-refractivity contribution is 6.17.